The van der Waals surface area contributed by atoms with E-state index in [1.54, 1.807) is 7.11 Å². The lowest BCUT2D eigenvalue weighted by atomic mass is 9.97. The predicted octanol–water partition coefficient (Wildman–Crippen LogP) is 5.57. The zero-order valence-electron chi connectivity index (χ0n) is 16.0. The average Bonchev–Trinajstić information content (AvgIpc) is 3.42. The lowest BCUT2D eigenvalue weighted by Gasteiger charge is -2.34. The first kappa shape index (κ1) is 21.7. The molecule has 1 aliphatic heterocycles. The second-order valence-electron chi connectivity index (χ2n) is 6.45. The Balaban J connectivity index is 1.89. The second-order valence-corrected chi connectivity index (χ2v) is 8.25. The quantitative estimate of drug-likeness (QED) is 0.209. The van der Waals surface area contributed by atoms with Gasteiger partial charge in [0.1, 0.15) is 11.7 Å². The van der Waals surface area contributed by atoms with Crippen molar-refractivity contribution < 1.29 is 14.0 Å². The number of methoxy groups -OCH3 is 1. The zero-order chi connectivity index (χ0) is 21.0. The molecule has 2 N–H and O–H groups in total. The molecule has 2 aromatic carbocycles. The minimum absolute atomic E-state index is 0.352. The first-order valence-electron chi connectivity index (χ1n) is 9.10. The number of rotatable bonds is 7. The van der Waals surface area contributed by atoms with Crippen molar-refractivity contribution in [1.82, 2.24) is 14.6 Å². The third-order valence-electron chi connectivity index (χ3n) is 4.74. The van der Waals surface area contributed by atoms with Crippen LogP contribution in [0.4, 0.5) is 0 Å². The molecule has 0 spiro atoms. The molecule has 1 atom stereocenters. The molecule has 156 valence electrons. The Bertz CT molecular complexity index is 958. The zero-order valence-corrected chi connectivity index (χ0v) is 20.5. The van der Waals surface area contributed by atoms with Gasteiger partial charge in [-0.1, -0.05) is 99.2 Å². The summed E-state index contributed by atoms with van der Waals surface area (Å²) in [6.45, 7) is 0. The summed E-state index contributed by atoms with van der Waals surface area (Å²) in [5.41, 5.74) is 2.53. The van der Waals surface area contributed by atoms with Crippen LogP contribution in [-0.2, 0) is 15.8 Å². The monoisotopic (exact) mass is 599 g/mol. The van der Waals surface area contributed by atoms with Gasteiger partial charge in [0.25, 0.3) is 5.88 Å². The third kappa shape index (κ3) is 4.01. The highest BCUT2D eigenvalue weighted by Gasteiger charge is 2.50. The van der Waals surface area contributed by atoms with Gasteiger partial charge in [0.15, 0.2) is 5.76 Å². The molecular formula is C21H19BrIN3O3S. The maximum atomic E-state index is 6.94. The Morgan fingerprint density at radius 3 is 2.33 bits per heavy atom. The number of halogens is 2. The van der Waals surface area contributed by atoms with Crippen molar-refractivity contribution in [2.75, 3.05) is 7.11 Å². The molecule has 0 radical (unpaired) electrons. The standard InChI is InChI=1S/C21H19BrIN3O3S/c1-27-20-18(16(12-22)29-24-20)21(17(13-23)25-30-26-21)28-19(14-8-4-2-5-9-14)15-10-6-3-7-11-15/h2-11,13,19,25-26H,12H2,1H3. The van der Waals surface area contributed by atoms with Crippen LogP contribution in [0.5, 0.6) is 5.88 Å². The van der Waals surface area contributed by atoms with Gasteiger partial charge in [-0.05, 0) is 16.3 Å². The molecule has 1 unspecified atom stereocenters. The van der Waals surface area contributed by atoms with E-state index in [2.05, 4.69) is 77.4 Å². The summed E-state index contributed by atoms with van der Waals surface area (Å²) in [5.74, 6) is 0.996. The molecule has 0 amide bonds. The van der Waals surface area contributed by atoms with Crippen LogP contribution in [0.3, 0.4) is 0 Å². The molecule has 0 bridgehead atoms. The lowest BCUT2D eigenvalue weighted by molar-refractivity contribution is -0.0660. The van der Waals surface area contributed by atoms with Gasteiger partial charge in [0.2, 0.25) is 5.72 Å². The summed E-state index contributed by atoms with van der Waals surface area (Å²) >= 11 is 7.05. The van der Waals surface area contributed by atoms with Gasteiger partial charge in [0.05, 0.1) is 18.1 Å². The van der Waals surface area contributed by atoms with Gasteiger partial charge in [0, 0.05) is 16.2 Å². The summed E-state index contributed by atoms with van der Waals surface area (Å²) in [6, 6.07) is 20.3. The molecular weight excluding hydrogens is 581 g/mol. The van der Waals surface area contributed by atoms with Crippen molar-refractivity contribution in [2.45, 2.75) is 17.2 Å². The molecule has 1 saturated heterocycles. The summed E-state index contributed by atoms with van der Waals surface area (Å²) in [4.78, 5) is 0. The van der Waals surface area contributed by atoms with Crippen molar-refractivity contribution in [3.8, 4) is 5.88 Å². The van der Waals surface area contributed by atoms with E-state index in [1.807, 2.05) is 40.5 Å². The van der Waals surface area contributed by atoms with Gasteiger partial charge < -0.3 is 18.7 Å². The van der Waals surface area contributed by atoms with Crippen LogP contribution in [-0.4, -0.2) is 12.3 Å². The number of hydrogen-bond donors (Lipinski definition) is 2. The first-order valence-corrected chi connectivity index (χ1v) is 12.3. The SMILES string of the molecule is COc1noc(CBr)c1C1(OC(c2ccccc2)c2ccccc2)NSNC1=CI. The van der Waals surface area contributed by atoms with Crippen LogP contribution in [0.25, 0.3) is 0 Å². The predicted molar refractivity (Wildman–Crippen MR) is 129 cm³/mol. The molecule has 1 aliphatic rings. The molecule has 4 rings (SSSR count). The summed E-state index contributed by atoms with van der Waals surface area (Å²) in [7, 11) is 1.57. The second kappa shape index (κ2) is 9.73. The van der Waals surface area contributed by atoms with Crippen molar-refractivity contribution in [3.05, 3.63) is 92.9 Å². The van der Waals surface area contributed by atoms with Crippen molar-refractivity contribution in [1.29, 1.82) is 0 Å². The number of ether oxygens (including phenoxy) is 2. The maximum absolute atomic E-state index is 6.94. The highest BCUT2D eigenvalue weighted by Crippen LogP contribution is 2.47. The summed E-state index contributed by atoms with van der Waals surface area (Å²) in [5, 5.41) is 4.57. The Kier molecular flexibility index (Phi) is 7.04. The number of hydrogen-bond acceptors (Lipinski definition) is 7. The first-order chi connectivity index (χ1) is 14.7. The Hall–Kier alpha value is -1.53. The number of aromatic nitrogens is 1. The molecule has 2 heterocycles. The summed E-state index contributed by atoms with van der Waals surface area (Å²) in [6.07, 6.45) is -0.352. The fourth-order valence-electron chi connectivity index (χ4n) is 3.36. The van der Waals surface area contributed by atoms with E-state index in [0.29, 0.717) is 22.5 Å². The topological polar surface area (TPSA) is 68.6 Å². The molecule has 3 aromatic rings. The van der Waals surface area contributed by atoms with Crippen LogP contribution in [0, 0.1) is 0 Å². The van der Waals surface area contributed by atoms with E-state index in [1.165, 1.54) is 12.1 Å². The van der Waals surface area contributed by atoms with Gasteiger partial charge in [-0.3, -0.25) is 0 Å². The van der Waals surface area contributed by atoms with E-state index in [0.717, 1.165) is 16.8 Å². The largest absolute Gasteiger partial charge is 0.479 e. The van der Waals surface area contributed by atoms with Gasteiger partial charge >= 0.3 is 0 Å². The minimum atomic E-state index is -1.06. The van der Waals surface area contributed by atoms with E-state index in [4.69, 9.17) is 14.0 Å². The number of alkyl halides is 1. The lowest BCUT2D eigenvalue weighted by Crippen LogP contribution is -2.41. The van der Waals surface area contributed by atoms with Crippen LogP contribution < -0.4 is 14.2 Å². The molecule has 9 heteroatoms. The van der Waals surface area contributed by atoms with Crippen LogP contribution in [0.2, 0.25) is 0 Å². The van der Waals surface area contributed by atoms with E-state index >= 15 is 0 Å². The third-order valence-corrected chi connectivity index (χ3v) is 6.59. The maximum Gasteiger partial charge on any atom is 0.262 e. The Morgan fingerprint density at radius 1 is 1.17 bits per heavy atom. The smallest absolute Gasteiger partial charge is 0.262 e. The molecule has 1 fully saturated rings. The highest BCUT2D eigenvalue weighted by atomic mass is 127. The average molecular weight is 600 g/mol. The molecule has 6 nitrogen and oxygen atoms in total. The highest BCUT2D eigenvalue weighted by molar-refractivity contribution is 14.1. The van der Waals surface area contributed by atoms with Crippen molar-refractivity contribution >= 4 is 50.7 Å². The van der Waals surface area contributed by atoms with Gasteiger partial charge in [-0.2, -0.15) is 0 Å². The van der Waals surface area contributed by atoms with E-state index < -0.39 is 5.72 Å². The fourth-order valence-corrected chi connectivity index (χ4v) is 5.31. The van der Waals surface area contributed by atoms with E-state index in [-0.39, 0.29) is 6.10 Å². The molecule has 30 heavy (non-hydrogen) atoms. The van der Waals surface area contributed by atoms with Crippen LogP contribution >= 0.6 is 50.7 Å². The van der Waals surface area contributed by atoms with Gasteiger partial charge in [-0.25, -0.2) is 4.72 Å². The summed E-state index contributed by atoms with van der Waals surface area (Å²) < 4.78 is 26.7. The molecule has 0 saturated carbocycles. The molecule has 1 aromatic heterocycles. The Labute approximate surface area is 201 Å². The normalized spacial score (nSPS) is 19.9. The number of nitrogens with zero attached hydrogens (tertiary/aromatic N) is 1. The van der Waals surface area contributed by atoms with Crippen LogP contribution in [0.1, 0.15) is 28.6 Å². The number of nitrogens with one attached hydrogen (secondary N) is 2. The van der Waals surface area contributed by atoms with Crippen molar-refractivity contribution in [2.24, 2.45) is 0 Å². The van der Waals surface area contributed by atoms with Gasteiger partial charge in [-0.15, -0.1) is 0 Å². The van der Waals surface area contributed by atoms with Crippen molar-refractivity contribution in [3.63, 3.8) is 0 Å². The Morgan fingerprint density at radius 2 is 1.80 bits per heavy atom. The fraction of sp³-hybridized carbons (Fsp3) is 0.190. The van der Waals surface area contributed by atoms with E-state index in [9.17, 15) is 0 Å². The van der Waals surface area contributed by atoms with Crippen LogP contribution in [0.15, 0.2) is 75.0 Å². The molecule has 0 aliphatic carbocycles. The minimum Gasteiger partial charge on any atom is -0.479 e. The number of benzene rings is 2.